The smallest absolute Gasteiger partial charge is 0.0465 e. The molecule has 0 radical (unpaired) electrons. The second kappa shape index (κ2) is 7.12. The second-order valence-corrected chi connectivity index (χ2v) is 6.03. The van der Waals surface area contributed by atoms with Crippen molar-refractivity contribution in [2.75, 3.05) is 0 Å². The van der Waals surface area contributed by atoms with E-state index in [0.717, 1.165) is 5.56 Å². The van der Waals surface area contributed by atoms with Gasteiger partial charge in [0.25, 0.3) is 0 Å². The summed E-state index contributed by atoms with van der Waals surface area (Å²) >= 11 is 12.4. The van der Waals surface area contributed by atoms with Gasteiger partial charge in [-0.15, -0.1) is 0 Å². The van der Waals surface area contributed by atoms with Gasteiger partial charge in [-0.1, -0.05) is 73.4 Å². The number of rotatable bonds is 5. The fraction of sp³-hybridized carbons (Fsp3) is 0.294. The van der Waals surface area contributed by atoms with Crippen molar-refractivity contribution in [1.82, 2.24) is 5.32 Å². The van der Waals surface area contributed by atoms with Gasteiger partial charge in [0.1, 0.15) is 0 Å². The zero-order valence-electron chi connectivity index (χ0n) is 11.7. The molecule has 20 heavy (non-hydrogen) atoms. The van der Waals surface area contributed by atoms with Gasteiger partial charge in [-0.25, -0.2) is 0 Å². The summed E-state index contributed by atoms with van der Waals surface area (Å²) in [4.78, 5) is 0. The Morgan fingerprint density at radius 3 is 2.05 bits per heavy atom. The third kappa shape index (κ3) is 3.76. The van der Waals surface area contributed by atoms with Crippen LogP contribution in [-0.4, -0.2) is 0 Å². The van der Waals surface area contributed by atoms with E-state index in [4.69, 9.17) is 23.2 Å². The average Bonchev–Trinajstić information content (AvgIpc) is 2.43. The first-order valence-corrected chi connectivity index (χ1v) is 7.56. The van der Waals surface area contributed by atoms with Crippen molar-refractivity contribution >= 4 is 23.2 Å². The normalized spacial score (nSPS) is 12.7. The summed E-state index contributed by atoms with van der Waals surface area (Å²) in [5.74, 6) is 0.485. The van der Waals surface area contributed by atoms with Crippen LogP contribution < -0.4 is 5.32 Å². The van der Waals surface area contributed by atoms with Crippen LogP contribution in [0.4, 0.5) is 0 Å². The monoisotopic (exact) mass is 307 g/mol. The van der Waals surface area contributed by atoms with Crippen molar-refractivity contribution in [3.63, 3.8) is 0 Å². The third-order valence-corrected chi connectivity index (χ3v) is 4.09. The molecule has 1 nitrogen and oxygen atoms in total. The van der Waals surface area contributed by atoms with Crippen LogP contribution in [-0.2, 0) is 6.54 Å². The molecule has 0 aliphatic rings. The minimum Gasteiger partial charge on any atom is -0.306 e. The molecule has 0 saturated carbocycles. The summed E-state index contributed by atoms with van der Waals surface area (Å²) in [6.07, 6.45) is 0. The molecule has 1 N–H and O–H groups in total. The van der Waals surface area contributed by atoms with Gasteiger partial charge in [-0.2, -0.15) is 0 Å². The van der Waals surface area contributed by atoms with E-state index in [1.165, 1.54) is 5.56 Å². The molecule has 2 rings (SSSR count). The molecule has 0 heterocycles. The van der Waals surface area contributed by atoms with E-state index in [9.17, 15) is 0 Å². The van der Waals surface area contributed by atoms with Gasteiger partial charge < -0.3 is 5.32 Å². The topological polar surface area (TPSA) is 12.0 Å². The number of hydrogen-bond donors (Lipinski definition) is 1. The highest BCUT2D eigenvalue weighted by Crippen LogP contribution is 2.27. The van der Waals surface area contributed by atoms with Crippen molar-refractivity contribution in [3.05, 3.63) is 69.7 Å². The Balaban J connectivity index is 2.15. The lowest BCUT2D eigenvalue weighted by molar-refractivity contribution is 0.411. The predicted octanol–water partition coefficient (Wildman–Crippen LogP) is 5.48. The Bertz CT molecular complexity index is 532. The molecule has 0 aliphatic heterocycles. The largest absolute Gasteiger partial charge is 0.306 e. The van der Waals surface area contributed by atoms with E-state index in [1.807, 2.05) is 24.3 Å². The number of halogens is 2. The summed E-state index contributed by atoms with van der Waals surface area (Å²) in [7, 11) is 0. The molecule has 1 atom stereocenters. The third-order valence-electron chi connectivity index (χ3n) is 3.39. The number of nitrogens with one attached hydrogen (secondary N) is 1. The second-order valence-electron chi connectivity index (χ2n) is 5.21. The van der Waals surface area contributed by atoms with E-state index in [-0.39, 0.29) is 6.04 Å². The number of benzene rings is 2. The molecule has 1 unspecified atom stereocenters. The van der Waals surface area contributed by atoms with Crippen molar-refractivity contribution in [3.8, 4) is 0 Å². The first-order valence-electron chi connectivity index (χ1n) is 6.81. The molecule has 3 heteroatoms. The Hall–Kier alpha value is -1.02. The molecule has 106 valence electrons. The van der Waals surface area contributed by atoms with Crippen LogP contribution in [0.5, 0.6) is 0 Å². The molecule has 2 aromatic rings. The SMILES string of the molecule is CC(C)C(NCc1c(Cl)cccc1Cl)c1ccccc1. The fourth-order valence-corrected chi connectivity index (χ4v) is 2.84. The summed E-state index contributed by atoms with van der Waals surface area (Å²) in [6.45, 7) is 5.08. The first-order chi connectivity index (χ1) is 9.59. The van der Waals surface area contributed by atoms with Crippen LogP contribution in [0.3, 0.4) is 0 Å². The fourth-order valence-electron chi connectivity index (χ4n) is 2.31. The van der Waals surface area contributed by atoms with E-state index >= 15 is 0 Å². The zero-order chi connectivity index (χ0) is 14.5. The lowest BCUT2D eigenvalue weighted by atomic mass is 9.96. The van der Waals surface area contributed by atoms with Crippen LogP contribution in [0.1, 0.15) is 31.0 Å². The minimum atomic E-state index is 0.281. The molecular weight excluding hydrogens is 289 g/mol. The molecule has 0 amide bonds. The maximum absolute atomic E-state index is 6.21. The van der Waals surface area contributed by atoms with Gasteiger partial charge in [0.15, 0.2) is 0 Å². The van der Waals surface area contributed by atoms with Crippen LogP contribution in [0.25, 0.3) is 0 Å². The van der Waals surface area contributed by atoms with E-state index < -0.39 is 0 Å². The number of hydrogen-bond acceptors (Lipinski definition) is 1. The Morgan fingerprint density at radius 2 is 1.50 bits per heavy atom. The summed E-state index contributed by atoms with van der Waals surface area (Å²) < 4.78 is 0. The lowest BCUT2D eigenvalue weighted by Crippen LogP contribution is -2.25. The van der Waals surface area contributed by atoms with E-state index in [0.29, 0.717) is 22.5 Å². The summed E-state index contributed by atoms with van der Waals surface area (Å²) in [5.41, 5.74) is 2.24. The maximum atomic E-state index is 6.21. The molecule has 0 fully saturated rings. The van der Waals surface area contributed by atoms with Gasteiger partial charge in [-0.05, 0) is 23.6 Å². The molecule has 2 aromatic carbocycles. The van der Waals surface area contributed by atoms with Crippen LogP contribution in [0.2, 0.25) is 10.0 Å². The zero-order valence-corrected chi connectivity index (χ0v) is 13.2. The maximum Gasteiger partial charge on any atom is 0.0465 e. The highest BCUT2D eigenvalue weighted by Gasteiger charge is 2.16. The van der Waals surface area contributed by atoms with Gasteiger partial charge in [0.2, 0.25) is 0 Å². The van der Waals surface area contributed by atoms with Crippen LogP contribution in [0, 0.1) is 5.92 Å². The highest BCUT2D eigenvalue weighted by molar-refractivity contribution is 6.35. The highest BCUT2D eigenvalue weighted by atomic mass is 35.5. The average molecular weight is 308 g/mol. The molecule has 0 aromatic heterocycles. The predicted molar refractivity (Wildman–Crippen MR) is 87.3 cm³/mol. The van der Waals surface area contributed by atoms with Gasteiger partial charge in [0.05, 0.1) is 0 Å². The Morgan fingerprint density at radius 1 is 0.900 bits per heavy atom. The molecular formula is C17H19Cl2N. The van der Waals surface area contributed by atoms with Gasteiger partial charge in [-0.3, -0.25) is 0 Å². The Labute approximate surface area is 130 Å². The first kappa shape index (κ1) is 15.4. The quantitative estimate of drug-likeness (QED) is 0.771. The van der Waals surface area contributed by atoms with Crippen LogP contribution >= 0.6 is 23.2 Å². The Kier molecular flexibility index (Phi) is 5.47. The minimum absolute atomic E-state index is 0.281. The molecule has 0 aliphatic carbocycles. The molecule has 0 saturated heterocycles. The lowest BCUT2D eigenvalue weighted by Gasteiger charge is -2.23. The van der Waals surface area contributed by atoms with E-state index in [2.05, 4.69) is 43.4 Å². The van der Waals surface area contributed by atoms with E-state index in [1.54, 1.807) is 0 Å². The molecule has 0 bridgehead atoms. The van der Waals surface area contributed by atoms with Crippen molar-refractivity contribution in [2.24, 2.45) is 5.92 Å². The van der Waals surface area contributed by atoms with Crippen molar-refractivity contribution < 1.29 is 0 Å². The van der Waals surface area contributed by atoms with Crippen molar-refractivity contribution in [2.45, 2.75) is 26.4 Å². The molecule has 0 spiro atoms. The standard InChI is InChI=1S/C17H19Cl2N/c1-12(2)17(13-7-4-3-5-8-13)20-11-14-15(18)9-6-10-16(14)19/h3-10,12,17,20H,11H2,1-2H3. The van der Waals surface area contributed by atoms with Gasteiger partial charge >= 0.3 is 0 Å². The van der Waals surface area contributed by atoms with Crippen molar-refractivity contribution in [1.29, 1.82) is 0 Å². The van der Waals surface area contributed by atoms with Gasteiger partial charge in [0, 0.05) is 28.2 Å². The van der Waals surface area contributed by atoms with Crippen LogP contribution in [0.15, 0.2) is 48.5 Å². The summed E-state index contributed by atoms with van der Waals surface area (Å²) in [5, 5.41) is 4.98. The summed E-state index contributed by atoms with van der Waals surface area (Å²) in [6, 6.07) is 16.3.